The molecule has 0 saturated heterocycles. The Morgan fingerprint density at radius 1 is 1.20 bits per heavy atom. The summed E-state index contributed by atoms with van der Waals surface area (Å²) in [7, 11) is 3.84. The van der Waals surface area contributed by atoms with E-state index in [1.165, 1.54) is 0 Å². The smallest absolute Gasteiger partial charge is 0.0942 e. The fourth-order valence-corrected chi connectivity index (χ4v) is 1.56. The van der Waals surface area contributed by atoms with Gasteiger partial charge in [-0.1, -0.05) is 29.3 Å². The first kappa shape index (κ1) is 12.8. The molecule has 1 N–H and O–H groups in total. The molecule has 2 unspecified atom stereocenters. The second-order valence-corrected chi connectivity index (χ2v) is 4.64. The number of aliphatic hydroxyl groups excluding tert-OH is 1. The molecule has 0 spiro atoms. The van der Waals surface area contributed by atoms with Crippen molar-refractivity contribution < 1.29 is 5.11 Å². The Morgan fingerprint density at radius 3 is 2.27 bits per heavy atom. The standard InChI is InChI=1S/C11H15Cl2NO/c1-7(14(2)3)11(15)8-4-5-9(12)10(13)6-8/h4-7,11,15H,1-3H3. The predicted octanol–water partition coefficient (Wildman–Crippen LogP) is 2.98. The first-order chi connectivity index (χ1) is 6.93. The fraction of sp³-hybridized carbons (Fsp3) is 0.455. The molecule has 15 heavy (non-hydrogen) atoms. The van der Waals surface area contributed by atoms with Crippen LogP contribution in [-0.4, -0.2) is 30.1 Å². The molecule has 0 amide bonds. The third-order valence-electron chi connectivity index (χ3n) is 2.56. The zero-order chi connectivity index (χ0) is 11.6. The van der Waals surface area contributed by atoms with E-state index in [-0.39, 0.29) is 6.04 Å². The van der Waals surface area contributed by atoms with E-state index in [2.05, 4.69) is 0 Å². The number of rotatable bonds is 3. The fourth-order valence-electron chi connectivity index (χ4n) is 1.26. The van der Waals surface area contributed by atoms with Crippen LogP contribution in [0, 0.1) is 0 Å². The van der Waals surface area contributed by atoms with Gasteiger partial charge in [-0.3, -0.25) is 0 Å². The van der Waals surface area contributed by atoms with E-state index in [0.29, 0.717) is 10.0 Å². The average molecular weight is 248 g/mol. The Morgan fingerprint density at radius 2 is 1.80 bits per heavy atom. The quantitative estimate of drug-likeness (QED) is 0.888. The molecule has 0 aliphatic carbocycles. The van der Waals surface area contributed by atoms with Gasteiger partial charge < -0.3 is 10.0 Å². The topological polar surface area (TPSA) is 23.5 Å². The summed E-state index contributed by atoms with van der Waals surface area (Å²) in [6, 6.07) is 5.22. The highest BCUT2D eigenvalue weighted by molar-refractivity contribution is 6.42. The van der Waals surface area contributed by atoms with Gasteiger partial charge >= 0.3 is 0 Å². The molecule has 4 heteroatoms. The maximum absolute atomic E-state index is 10.0. The van der Waals surface area contributed by atoms with Crippen LogP contribution in [0.4, 0.5) is 0 Å². The second kappa shape index (κ2) is 5.17. The van der Waals surface area contributed by atoms with Crippen LogP contribution in [0.1, 0.15) is 18.6 Å². The lowest BCUT2D eigenvalue weighted by Gasteiger charge is -2.25. The normalized spacial score (nSPS) is 15.4. The van der Waals surface area contributed by atoms with Crippen LogP contribution in [0.2, 0.25) is 10.0 Å². The van der Waals surface area contributed by atoms with Crippen molar-refractivity contribution in [1.82, 2.24) is 4.90 Å². The van der Waals surface area contributed by atoms with E-state index >= 15 is 0 Å². The van der Waals surface area contributed by atoms with Crippen LogP contribution >= 0.6 is 23.2 Å². The third-order valence-corrected chi connectivity index (χ3v) is 3.30. The van der Waals surface area contributed by atoms with Gasteiger partial charge in [0, 0.05) is 6.04 Å². The number of aliphatic hydroxyl groups is 1. The van der Waals surface area contributed by atoms with Gasteiger partial charge in [0.25, 0.3) is 0 Å². The van der Waals surface area contributed by atoms with Gasteiger partial charge in [-0.05, 0) is 38.7 Å². The van der Waals surface area contributed by atoms with Crippen LogP contribution in [0.3, 0.4) is 0 Å². The minimum atomic E-state index is -0.560. The van der Waals surface area contributed by atoms with Crippen molar-refractivity contribution in [3.05, 3.63) is 33.8 Å². The third kappa shape index (κ3) is 3.08. The van der Waals surface area contributed by atoms with E-state index in [1.54, 1.807) is 18.2 Å². The summed E-state index contributed by atoms with van der Waals surface area (Å²) in [5.74, 6) is 0. The number of hydrogen-bond acceptors (Lipinski definition) is 2. The molecule has 0 heterocycles. The Kier molecular flexibility index (Phi) is 4.41. The van der Waals surface area contributed by atoms with Crippen molar-refractivity contribution in [1.29, 1.82) is 0 Å². The van der Waals surface area contributed by atoms with Crippen molar-refractivity contribution in [2.24, 2.45) is 0 Å². The molecule has 0 fully saturated rings. The molecular weight excluding hydrogens is 233 g/mol. The number of likely N-dealkylation sites (N-methyl/N-ethyl adjacent to an activating group) is 1. The molecule has 0 aromatic heterocycles. The van der Waals surface area contributed by atoms with Gasteiger partial charge in [-0.25, -0.2) is 0 Å². The van der Waals surface area contributed by atoms with Gasteiger partial charge in [0.1, 0.15) is 0 Å². The molecule has 84 valence electrons. The highest BCUT2D eigenvalue weighted by Crippen LogP contribution is 2.27. The molecule has 1 rings (SSSR count). The SMILES string of the molecule is CC(C(O)c1ccc(Cl)c(Cl)c1)N(C)C. The van der Waals surface area contributed by atoms with Gasteiger partial charge in [0.15, 0.2) is 0 Å². The molecule has 0 aliphatic rings. The molecule has 1 aromatic carbocycles. The van der Waals surface area contributed by atoms with E-state index in [4.69, 9.17) is 23.2 Å². The largest absolute Gasteiger partial charge is 0.387 e. The van der Waals surface area contributed by atoms with Crippen molar-refractivity contribution in [3.63, 3.8) is 0 Å². The minimum Gasteiger partial charge on any atom is -0.387 e. The summed E-state index contributed by atoms with van der Waals surface area (Å²) in [6.07, 6.45) is -0.560. The van der Waals surface area contributed by atoms with E-state index in [0.717, 1.165) is 5.56 Å². The number of benzene rings is 1. The molecule has 0 aliphatic heterocycles. The summed E-state index contributed by atoms with van der Waals surface area (Å²) in [5.41, 5.74) is 0.783. The lowest BCUT2D eigenvalue weighted by atomic mass is 10.0. The first-order valence-electron chi connectivity index (χ1n) is 4.73. The van der Waals surface area contributed by atoms with Crippen LogP contribution in [0.15, 0.2) is 18.2 Å². The van der Waals surface area contributed by atoms with E-state index in [9.17, 15) is 5.11 Å². The highest BCUT2D eigenvalue weighted by Gasteiger charge is 2.18. The molecule has 0 saturated carbocycles. The molecule has 1 aromatic rings. The first-order valence-corrected chi connectivity index (χ1v) is 5.48. The van der Waals surface area contributed by atoms with Crippen molar-refractivity contribution in [2.75, 3.05) is 14.1 Å². The minimum absolute atomic E-state index is 0.0299. The number of nitrogens with zero attached hydrogens (tertiary/aromatic N) is 1. The maximum atomic E-state index is 10.0. The van der Waals surface area contributed by atoms with E-state index < -0.39 is 6.10 Å². The number of hydrogen-bond donors (Lipinski definition) is 1. The maximum Gasteiger partial charge on any atom is 0.0942 e. The Hall–Kier alpha value is -0.280. The average Bonchev–Trinajstić information content (AvgIpc) is 2.19. The highest BCUT2D eigenvalue weighted by atomic mass is 35.5. The molecule has 0 radical (unpaired) electrons. The van der Waals surface area contributed by atoms with Gasteiger partial charge in [0.2, 0.25) is 0 Å². The lowest BCUT2D eigenvalue weighted by molar-refractivity contribution is 0.0859. The van der Waals surface area contributed by atoms with Gasteiger partial charge in [-0.2, -0.15) is 0 Å². The summed E-state index contributed by atoms with van der Waals surface area (Å²) >= 11 is 11.7. The zero-order valence-corrected chi connectivity index (χ0v) is 10.5. The summed E-state index contributed by atoms with van der Waals surface area (Å²) in [4.78, 5) is 1.95. The molecular formula is C11H15Cl2NO. The Bertz CT molecular complexity index is 341. The Labute approximate surface area is 100 Å². The van der Waals surface area contributed by atoms with E-state index in [1.807, 2.05) is 25.9 Å². The number of halogens is 2. The van der Waals surface area contributed by atoms with Crippen LogP contribution < -0.4 is 0 Å². The van der Waals surface area contributed by atoms with Crippen molar-refractivity contribution >= 4 is 23.2 Å². The molecule has 2 atom stereocenters. The van der Waals surface area contributed by atoms with Gasteiger partial charge in [0.05, 0.1) is 16.1 Å². The van der Waals surface area contributed by atoms with Crippen LogP contribution in [0.5, 0.6) is 0 Å². The van der Waals surface area contributed by atoms with Gasteiger partial charge in [-0.15, -0.1) is 0 Å². The second-order valence-electron chi connectivity index (χ2n) is 3.82. The summed E-state index contributed by atoms with van der Waals surface area (Å²) in [5, 5.41) is 11.0. The summed E-state index contributed by atoms with van der Waals surface area (Å²) in [6.45, 7) is 1.95. The Balaban J connectivity index is 2.91. The van der Waals surface area contributed by atoms with Crippen molar-refractivity contribution in [3.8, 4) is 0 Å². The van der Waals surface area contributed by atoms with Crippen LogP contribution in [-0.2, 0) is 0 Å². The summed E-state index contributed by atoms with van der Waals surface area (Å²) < 4.78 is 0. The van der Waals surface area contributed by atoms with Crippen molar-refractivity contribution in [2.45, 2.75) is 19.1 Å². The molecule has 2 nitrogen and oxygen atoms in total. The molecule has 0 bridgehead atoms. The lowest BCUT2D eigenvalue weighted by Crippen LogP contribution is -2.30. The monoisotopic (exact) mass is 247 g/mol. The van der Waals surface area contributed by atoms with Crippen LogP contribution in [0.25, 0.3) is 0 Å². The predicted molar refractivity (Wildman–Crippen MR) is 64.6 cm³/mol. The zero-order valence-electron chi connectivity index (χ0n) is 9.04.